The number of Topliss-reactive ketones (excluding diaryl/α,β-unsaturated/α-hetero) is 1. The van der Waals surface area contributed by atoms with Crippen molar-refractivity contribution in [1.82, 2.24) is 4.98 Å². The van der Waals surface area contributed by atoms with E-state index in [1.807, 2.05) is 39.0 Å². The highest BCUT2D eigenvalue weighted by atomic mass is 32.2. The van der Waals surface area contributed by atoms with Gasteiger partial charge in [-0.05, 0) is 57.0 Å². The molecule has 0 fully saturated rings. The molecule has 0 saturated carbocycles. The highest BCUT2D eigenvalue weighted by molar-refractivity contribution is 7.92. The van der Waals surface area contributed by atoms with Crippen LogP contribution in [0, 0.1) is 12.7 Å². The van der Waals surface area contributed by atoms with Crippen molar-refractivity contribution in [2.45, 2.75) is 46.5 Å². The Morgan fingerprint density at radius 1 is 1.26 bits per heavy atom. The molecule has 1 aromatic carbocycles. The van der Waals surface area contributed by atoms with Crippen LogP contribution in [0.3, 0.4) is 0 Å². The van der Waals surface area contributed by atoms with Gasteiger partial charge in [0.05, 0.1) is 11.9 Å². The summed E-state index contributed by atoms with van der Waals surface area (Å²) < 4.78 is 44.7. The van der Waals surface area contributed by atoms with Gasteiger partial charge in [0.15, 0.2) is 0 Å². The highest BCUT2D eigenvalue weighted by Gasteiger charge is 2.18. The number of anilines is 1. The molecule has 8 heteroatoms. The zero-order valence-electron chi connectivity index (χ0n) is 18.5. The number of nitrogens with zero attached hydrogens (tertiary/aromatic N) is 1. The van der Waals surface area contributed by atoms with Gasteiger partial charge in [-0.1, -0.05) is 24.6 Å². The van der Waals surface area contributed by atoms with Gasteiger partial charge in [0.25, 0.3) is 0 Å². The van der Waals surface area contributed by atoms with Crippen LogP contribution in [0.1, 0.15) is 49.9 Å². The third-order valence-electron chi connectivity index (χ3n) is 4.70. The van der Waals surface area contributed by atoms with Crippen molar-refractivity contribution in [3.63, 3.8) is 0 Å². The largest absolute Gasteiger partial charge is 0.473 e. The van der Waals surface area contributed by atoms with Crippen molar-refractivity contribution in [3.05, 3.63) is 64.6 Å². The molecular weight excluding hydrogens is 419 g/mol. The van der Waals surface area contributed by atoms with Crippen LogP contribution in [-0.4, -0.2) is 32.0 Å². The first kappa shape index (κ1) is 24.5. The van der Waals surface area contributed by atoms with Crippen molar-refractivity contribution in [3.8, 4) is 5.88 Å². The first-order valence-corrected chi connectivity index (χ1v) is 11.9. The van der Waals surface area contributed by atoms with Gasteiger partial charge >= 0.3 is 0 Å². The van der Waals surface area contributed by atoms with Crippen LogP contribution >= 0.6 is 0 Å². The predicted molar refractivity (Wildman–Crippen MR) is 121 cm³/mol. The Balaban J connectivity index is 2.07. The molecule has 0 spiro atoms. The number of hydrogen-bond acceptors (Lipinski definition) is 5. The lowest BCUT2D eigenvalue weighted by Gasteiger charge is -2.14. The summed E-state index contributed by atoms with van der Waals surface area (Å²) in [5.41, 5.74) is 3.16. The number of halogens is 1. The molecule has 1 unspecified atom stereocenters. The maximum Gasteiger partial charge on any atom is 0.229 e. The van der Waals surface area contributed by atoms with Crippen LogP contribution < -0.4 is 9.46 Å². The molecule has 1 atom stereocenters. The van der Waals surface area contributed by atoms with E-state index in [2.05, 4.69) is 9.71 Å². The average molecular weight is 449 g/mol. The van der Waals surface area contributed by atoms with E-state index in [0.717, 1.165) is 23.1 Å². The van der Waals surface area contributed by atoms with Gasteiger partial charge in [0.1, 0.15) is 18.2 Å². The number of carbonyl (C=O) groups excluding carboxylic acids is 1. The van der Waals surface area contributed by atoms with E-state index < -0.39 is 21.8 Å². The molecule has 2 rings (SSSR count). The maximum atomic E-state index is 14.3. The lowest BCUT2D eigenvalue weighted by molar-refractivity contribution is -0.120. The number of pyridine rings is 1. The summed E-state index contributed by atoms with van der Waals surface area (Å²) in [4.78, 5) is 17.2. The van der Waals surface area contributed by atoms with Crippen LogP contribution in [0.25, 0.3) is 0 Å². The van der Waals surface area contributed by atoms with E-state index in [1.165, 1.54) is 12.1 Å². The SMILES string of the molecule is CC(C)=CCOc1nc(C)ccc1CCC(=O)C(C)c1ccc(NS(C)(=O)=O)c(F)c1. The fourth-order valence-electron chi connectivity index (χ4n) is 2.91. The Hall–Kier alpha value is -2.74. The summed E-state index contributed by atoms with van der Waals surface area (Å²) in [6.45, 7) is 7.96. The Labute approximate surface area is 183 Å². The topological polar surface area (TPSA) is 85.4 Å². The summed E-state index contributed by atoms with van der Waals surface area (Å²) in [6, 6.07) is 7.86. The standard InChI is InChI=1S/C23H29FN2O4S/c1-15(2)12-13-30-23-18(7-6-16(3)25-23)9-11-22(27)17(4)19-8-10-21(20(24)14-19)26-31(5,28)29/h6-8,10,12,14,17,26H,9,11,13H2,1-5H3. The van der Waals surface area contributed by atoms with Gasteiger partial charge in [-0.25, -0.2) is 17.8 Å². The smallest absolute Gasteiger partial charge is 0.229 e. The molecule has 0 radical (unpaired) electrons. The second-order valence-electron chi connectivity index (χ2n) is 7.81. The number of carbonyl (C=O) groups is 1. The first-order chi connectivity index (χ1) is 14.5. The normalized spacial score (nSPS) is 12.2. The van der Waals surface area contributed by atoms with Crippen molar-refractivity contribution in [1.29, 1.82) is 0 Å². The van der Waals surface area contributed by atoms with Gasteiger partial charge in [-0.15, -0.1) is 0 Å². The molecule has 0 amide bonds. The predicted octanol–water partition coefficient (Wildman–Crippen LogP) is 4.55. The second-order valence-corrected chi connectivity index (χ2v) is 9.56. The summed E-state index contributed by atoms with van der Waals surface area (Å²) >= 11 is 0. The quantitative estimate of drug-likeness (QED) is 0.539. The molecule has 1 N–H and O–H groups in total. The lowest BCUT2D eigenvalue weighted by atomic mass is 9.93. The van der Waals surface area contributed by atoms with Gasteiger partial charge in [0.2, 0.25) is 15.9 Å². The number of rotatable bonds is 10. The minimum absolute atomic E-state index is 0.0564. The summed E-state index contributed by atoms with van der Waals surface area (Å²) in [6.07, 6.45) is 3.61. The molecule has 0 aliphatic carbocycles. The van der Waals surface area contributed by atoms with Crippen molar-refractivity contribution >= 4 is 21.5 Å². The first-order valence-electron chi connectivity index (χ1n) is 9.99. The third-order valence-corrected chi connectivity index (χ3v) is 5.29. The van der Waals surface area contributed by atoms with Crippen molar-refractivity contribution < 1.29 is 22.3 Å². The molecule has 31 heavy (non-hydrogen) atoms. The number of ketones is 1. The van der Waals surface area contributed by atoms with Crippen LogP contribution in [0.15, 0.2) is 42.0 Å². The number of nitrogens with one attached hydrogen (secondary N) is 1. The molecule has 0 saturated heterocycles. The Morgan fingerprint density at radius 2 is 1.97 bits per heavy atom. The number of aromatic nitrogens is 1. The minimum Gasteiger partial charge on any atom is -0.473 e. The van der Waals surface area contributed by atoms with Gasteiger partial charge < -0.3 is 4.74 Å². The van der Waals surface area contributed by atoms with E-state index in [0.29, 0.717) is 24.5 Å². The highest BCUT2D eigenvalue weighted by Crippen LogP contribution is 2.25. The average Bonchev–Trinajstić information content (AvgIpc) is 2.67. The van der Waals surface area contributed by atoms with Crippen LogP contribution in [0.4, 0.5) is 10.1 Å². The summed E-state index contributed by atoms with van der Waals surface area (Å²) in [7, 11) is -3.59. The number of hydrogen-bond donors (Lipinski definition) is 1. The molecule has 1 heterocycles. The number of sulfonamides is 1. The van der Waals surface area contributed by atoms with E-state index in [9.17, 15) is 17.6 Å². The zero-order chi connectivity index (χ0) is 23.2. The lowest BCUT2D eigenvalue weighted by Crippen LogP contribution is -2.13. The number of aryl methyl sites for hydroxylation is 2. The van der Waals surface area contributed by atoms with E-state index in [4.69, 9.17) is 4.74 Å². The second kappa shape index (κ2) is 10.5. The van der Waals surface area contributed by atoms with Crippen LogP contribution in [0.5, 0.6) is 5.88 Å². The van der Waals surface area contributed by atoms with Crippen molar-refractivity contribution in [2.75, 3.05) is 17.6 Å². The minimum atomic E-state index is -3.59. The Morgan fingerprint density at radius 3 is 2.58 bits per heavy atom. The summed E-state index contributed by atoms with van der Waals surface area (Å²) in [5.74, 6) is -0.797. The third kappa shape index (κ3) is 7.79. The van der Waals surface area contributed by atoms with Gasteiger partial charge in [-0.2, -0.15) is 0 Å². The molecule has 0 aliphatic heterocycles. The fourth-order valence-corrected chi connectivity index (χ4v) is 3.47. The van der Waals surface area contributed by atoms with Gasteiger partial charge in [0, 0.05) is 23.6 Å². The molecule has 0 aliphatic rings. The number of ether oxygens (including phenoxy) is 1. The molecule has 2 aromatic rings. The molecule has 168 valence electrons. The maximum absolute atomic E-state index is 14.3. The van der Waals surface area contributed by atoms with E-state index in [-0.39, 0.29) is 17.9 Å². The van der Waals surface area contributed by atoms with Gasteiger partial charge in [-0.3, -0.25) is 9.52 Å². The molecule has 6 nitrogen and oxygen atoms in total. The zero-order valence-corrected chi connectivity index (χ0v) is 19.3. The monoisotopic (exact) mass is 448 g/mol. The summed E-state index contributed by atoms with van der Waals surface area (Å²) in [5, 5.41) is 0. The number of allylic oxidation sites excluding steroid dienone is 1. The van der Waals surface area contributed by atoms with E-state index >= 15 is 0 Å². The number of benzene rings is 1. The molecule has 1 aromatic heterocycles. The van der Waals surface area contributed by atoms with Crippen LogP contribution in [0.2, 0.25) is 0 Å². The Kier molecular flexibility index (Phi) is 8.33. The Bertz CT molecular complexity index is 1080. The van der Waals surface area contributed by atoms with Crippen molar-refractivity contribution in [2.24, 2.45) is 0 Å². The fraction of sp³-hybridized carbons (Fsp3) is 0.391. The van der Waals surface area contributed by atoms with Crippen LogP contribution in [-0.2, 0) is 21.2 Å². The van der Waals surface area contributed by atoms with E-state index in [1.54, 1.807) is 13.0 Å². The molecule has 0 bridgehead atoms. The molecular formula is C23H29FN2O4S.